The van der Waals surface area contributed by atoms with Gasteiger partial charge in [-0.3, -0.25) is 0 Å². The number of hydrogen-bond donors (Lipinski definition) is 1. The quantitative estimate of drug-likeness (QED) is 0.744. The van der Waals surface area contributed by atoms with Crippen molar-refractivity contribution in [1.82, 2.24) is 0 Å². The Bertz CT molecular complexity index is 299. The van der Waals surface area contributed by atoms with Gasteiger partial charge in [0, 0.05) is 24.8 Å². The zero-order valence-electron chi connectivity index (χ0n) is 7.41. The van der Waals surface area contributed by atoms with Crippen LogP contribution in [0, 0.1) is 5.82 Å². The summed E-state index contributed by atoms with van der Waals surface area (Å²) in [7, 11) is 0. The first-order valence-electron chi connectivity index (χ1n) is 4.53. The van der Waals surface area contributed by atoms with Gasteiger partial charge in [0.05, 0.1) is 0 Å². The maximum Gasteiger partial charge on any atom is 0.125 e. The van der Waals surface area contributed by atoms with E-state index in [0.29, 0.717) is 12.6 Å². The Balaban J connectivity index is 2.16. The number of rotatable bonds is 2. The standard InChI is InChI=1S/C10H13FN2/c11-8-2-1-3-9(6-8)13-5-4-10(13)7-12/h1-3,6,10H,4-5,7,12H2. The molecule has 1 heterocycles. The highest BCUT2D eigenvalue weighted by Crippen LogP contribution is 2.25. The molecule has 2 rings (SSSR count). The van der Waals surface area contributed by atoms with Crippen LogP contribution in [0.4, 0.5) is 10.1 Å². The molecule has 1 fully saturated rings. The molecule has 0 aliphatic carbocycles. The Kier molecular flexibility index (Phi) is 2.19. The van der Waals surface area contributed by atoms with Crippen molar-refractivity contribution >= 4 is 5.69 Å². The second kappa shape index (κ2) is 3.34. The highest BCUT2D eigenvalue weighted by atomic mass is 19.1. The third-order valence-electron chi connectivity index (χ3n) is 2.56. The van der Waals surface area contributed by atoms with Gasteiger partial charge in [-0.2, -0.15) is 0 Å². The maximum atomic E-state index is 12.9. The molecule has 0 radical (unpaired) electrons. The molecule has 2 nitrogen and oxygen atoms in total. The third-order valence-corrected chi connectivity index (χ3v) is 2.56. The number of halogens is 1. The minimum absolute atomic E-state index is 0.180. The molecule has 2 N–H and O–H groups in total. The lowest BCUT2D eigenvalue weighted by Crippen LogP contribution is -2.51. The van der Waals surface area contributed by atoms with Crippen LogP contribution in [0.2, 0.25) is 0 Å². The molecule has 0 saturated carbocycles. The van der Waals surface area contributed by atoms with Gasteiger partial charge in [0.1, 0.15) is 5.82 Å². The van der Waals surface area contributed by atoms with Crippen LogP contribution in [0.3, 0.4) is 0 Å². The van der Waals surface area contributed by atoms with Crippen LogP contribution in [0.25, 0.3) is 0 Å². The topological polar surface area (TPSA) is 29.3 Å². The average Bonchev–Trinajstić information content (AvgIpc) is 2.03. The lowest BCUT2D eigenvalue weighted by molar-refractivity contribution is 0.455. The normalized spacial score (nSPS) is 21.4. The second-order valence-electron chi connectivity index (χ2n) is 3.35. The Morgan fingerprint density at radius 2 is 2.38 bits per heavy atom. The van der Waals surface area contributed by atoms with Gasteiger partial charge >= 0.3 is 0 Å². The van der Waals surface area contributed by atoms with Gasteiger partial charge in [-0.05, 0) is 24.6 Å². The molecule has 1 atom stereocenters. The van der Waals surface area contributed by atoms with Crippen molar-refractivity contribution in [3.05, 3.63) is 30.1 Å². The molecule has 1 saturated heterocycles. The van der Waals surface area contributed by atoms with Gasteiger partial charge in [-0.1, -0.05) is 6.07 Å². The van der Waals surface area contributed by atoms with E-state index >= 15 is 0 Å². The summed E-state index contributed by atoms with van der Waals surface area (Å²) in [4.78, 5) is 2.14. The summed E-state index contributed by atoms with van der Waals surface area (Å²) >= 11 is 0. The minimum Gasteiger partial charge on any atom is -0.367 e. The fourth-order valence-corrected chi connectivity index (χ4v) is 1.68. The van der Waals surface area contributed by atoms with Crippen LogP contribution in [0.15, 0.2) is 24.3 Å². The summed E-state index contributed by atoms with van der Waals surface area (Å²) in [6, 6.07) is 7.08. The van der Waals surface area contributed by atoms with Crippen LogP contribution >= 0.6 is 0 Å². The van der Waals surface area contributed by atoms with Gasteiger partial charge in [0.15, 0.2) is 0 Å². The zero-order valence-corrected chi connectivity index (χ0v) is 7.41. The van der Waals surface area contributed by atoms with E-state index in [1.54, 1.807) is 12.1 Å². The van der Waals surface area contributed by atoms with Gasteiger partial charge in [-0.15, -0.1) is 0 Å². The van der Waals surface area contributed by atoms with Crippen molar-refractivity contribution in [2.24, 2.45) is 5.73 Å². The summed E-state index contributed by atoms with van der Waals surface area (Å²) in [6.07, 6.45) is 1.12. The van der Waals surface area contributed by atoms with Crippen molar-refractivity contribution in [2.75, 3.05) is 18.0 Å². The van der Waals surface area contributed by atoms with Crippen molar-refractivity contribution in [1.29, 1.82) is 0 Å². The third kappa shape index (κ3) is 1.52. The van der Waals surface area contributed by atoms with Crippen LogP contribution in [0.1, 0.15) is 6.42 Å². The molecule has 1 aromatic carbocycles. The fourth-order valence-electron chi connectivity index (χ4n) is 1.68. The highest BCUT2D eigenvalue weighted by molar-refractivity contribution is 5.49. The smallest absolute Gasteiger partial charge is 0.125 e. The number of nitrogens with zero attached hydrogens (tertiary/aromatic N) is 1. The minimum atomic E-state index is -0.180. The molecule has 13 heavy (non-hydrogen) atoms. The summed E-state index contributed by atoms with van der Waals surface area (Å²) in [5.74, 6) is -0.180. The second-order valence-corrected chi connectivity index (χ2v) is 3.35. The number of hydrogen-bond acceptors (Lipinski definition) is 2. The van der Waals surface area contributed by atoms with E-state index in [0.717, 1.165) is 18.7 Å². The Morgan fingerprint density at radius 1 is 1.54 bits per heavy atom. The van der Waals surface area contributed by atoms with E-state index in [2.05, 4.69) is 4.90 Å². The number of nitrogens with two attached hydrogens (primary N) is 1. The molecular weight excluding hydrogens is 167 g/mol. The lowest BCUT2D eigenvalue weighted by Gasteiger charge is -2.42. The monoisotopic (exact) mass is 180 g/mol. The van der Waals surface area contributed by atoms with Crippen molar-refractivity contribution in [2.45, 2.75) is 12.5 Å². The van der Waals surface area contributed by atoms with E-state index < -0.39 is 0 Å². The van der Waals surface area contributed by atoms with Gasteiger partial charge < -0.3 is 10.6 Å². The first-order valence-corrected chi connectivity index (χ1v) is 4.53. The van der Waals surface area contributed by atoms with E-state index in [1.165, 1.54) is 6.07 Å². The molecule has 1 aliphatic rings. The zero-order chi connectivity index (χ0) is 9.26. The first-order chi connectivity index (χ1) is 6.31. The molecule has 3 heteroatoms. The summed E-state index contributed by atoms with van der Waals surface area (Å²) in [5.41, 5.74) is 6.51. The Labute approximate surface area is 77.2 Å². The maximum absolute atomic E-state index is 12.9. The molecule has 0 amide bonds. The van der Waals surface area contributed by atoms with E-state index in [-0.39, 0.29) is 5.82 Å². The highest BCUT2D eigenvalue weighted by Gasteiger charge is 2.26. The van der Waals surface area contributed by atoms with Crippen LogP contribution in [-0.2, 0) is 0 Å². The number of benzene rings is 1. The molecule has 1 aromatic rings. The molecule has 0 bridgehead atoms. The van der Waals surface area contributed by atoms with E-state index in [4.69, 9.17) is 5.73 Å². The average molecular weight is 180 g/mol. The largest absolute Gasteiger partial charge is 0.367 e. The van der Waals surface area contributed by atoms with E-state index in [1.807, 2.05) is 6.07 Å². The van der Waals surface area contributed by atoms with Gasteiger partial charge in [0.25, 0.3) is 0 Å². The van der Waals surface area contributed by atoms with Gasteiger partial charge in [-0.25, -0.2) is 4.39 Å². The Morgan fingerprint density at radius 3 is 2.92 bits per heavy atom. The van der Waals surface area contributed by atoms with E-state index in [9.17, 15) is 4.39 Å². The van der Waals surface area contributed by atoms with Crippen molar-refractivity contribution in [3.8, 4) is 0 Å². The van der Waals surface area contributed by atoms with Crippen molar-refractivity contribution in [3.63, 3.8) is 0 Å². The van der Waals surface area contributed by atoms with Crippen molar-refractivity contribution < 1.29 is 4.39 Å². The molecule has 70 valence electrons. The molecule has 0 aromatic heterocycles. The predicted octanol–water partition coefficient (Wildman–Crippen LogP) is 1.36. The van der Waals surface area contributed by atoms with Crippen LogP contribution in [-0.4, -0.2) is 19.1 Å². The molecule has 1 aliphatic heterocycles. The lowest BCUT2D eigenvalue weighted by atomic mass is 10.0. The first kappa shape index (κ1) is 8.51. The predicted molar refractivity (Wildman–Crippen MR) is 51.2 cm³/mol. The molecule has 0 spiro atoms. The van der Waals surface area contributed by atoms with Gasteiger partial charge in [0.2, 0.25) is 0 Å². The fraction of sp³-hybridized carbons (Fsp3) is 0.400. The summed E-state index contributed by atoms with van der Waals surface area (Å²) < 4.78 is 12.9. The number of anilines is 1. The SMILES string of the molecule is NCC1CCN1c1cccc(F)c1. The molecular formula is C10H13FN2. The Hall–Kier alpha value is -1.09. The summed E-state index contributed by atoms with van der Waals surface area (Å²) in [5, 5.41) is 0. The van der Waals surface area contributed by atoms with Crippen LogP contribution < -0.4 is 10.6 Å². The summed E-state index contributed by atoms with van der Waals surface area (Å²) in [6.45, 7) is 1.64. The van der Waals surface area contributed by atoms with Crippen LogP contribution in [0.5, 0.6) is 0 Å². The molecule has 1 unspecified atom stereocenters.